The van der Waals surface area contributed by atoms with Gasteiger partial charge < -0.3 is 14.8 Å². The van der Waals surface area contributed by atoms with E-state index in [9.17, 15) is 4.79 Å². The Labute approximate surface area is 140 Å². The van der Waals surface area contributed by atoms with Gasteiger partial charge in [-0.25, -0.2) is 0 Å². The number of hydrogen-bond donors (Lipinski definition) is 1. The van der Waals surface area contributed by atoms with E-state index < -0.39 is 0 Å². The van der Waals surface area contributed by atoms with E-state index in [1.54, 1.807) is 12.1 Å². The molecule has 23 heavy (non-hydrogen) atoms. The number of morpholine rings is 1. The van der Waals surface area contributed by atoms with Crippen LogP contribution in [0.15, 0.2) is 12.1 Å². The quantitative estimate of drug-likeness (QED) is 0.845. The first-order valence-electron chi connectivity index (χ1n) is 7.91. The summed E-state index contributed by atoms with van der Waals surface area (Å²) >= 11 is 5.69. The molecule has 1 aromatic rings. The molecule has 0 aromatic carbocycles. The molecule has 0 radical (unpaired) electrons. The summed E-state index contributed by atoms with van der Waals surface area (Å²) in [5.41, 5.74) is 0.276. The number of nitrogens with zero attached hydrogens (tertiary/aromatic N) is 3. The number of nitrogens with one attached hydrogen (secondary N) is 1. The summed E-state index contributed by atoms with van der Waals surface area (Å²) in [6.07, 6.45) is 1.03. The average molecular weight is 341 g/mol. The van der Waals surface area contributed by atoms with Crippen LogP contribution in [0.25, 0.3) is 0 Å². The number of amides is 1. The zero-order chi connectivity index (χ0) is 16.1. The van der Waals surface area contributed by atoms with Crippen molar-refractivity contribution in [3.63, 3.8) is 0 Å². The lowest BCUT2D eigenvalue weighted by atomic mass is 9.97. The highest BCUT2D eigenvalue weighted by Gasteiger charge is 2.31. The molecular weight excluding hydrogens is 320 g/mol. The van der Waals surface area contributed by atoms with Crippen LogP contribution in [-0.2, 0) is 9.47 Å². The van der Waals surface area contributed by atoms with Gasteiger partial charge in [-0.05, 0) is 18.6 Å². The minimum atomic E-state index is -0.230. The van der Waals surface area contributed by atoms with Gasteiger partial charge in [-0.3, -0.25) is 9.69 Å². The van der Waals surface area contributed by atoms with Crippen LogP contribution in [0.2, 0.25) is 5.15 Å². The van der Waals surface area contributed by atoms with Crippen molar-refractivity contribution >= 4 is 17.5 Å². The molecule has 7 nitrogen and oxygen atoms in total. The molecule has 1 amide bonds. The molecule has 2 fully saturated rings. The normalized spacial score (nSPS) is 23.6. The molecule has 0 unspecified atom stereocenters. The second-order valence-corrected chi connectivity index (χ2v) is 6.18. The van der Waals surface area contributed by atoms with E-state index >= 15 is 0 Å². The fourth-order valence-corrected chi connectivity index (χ4v) is 3.18. The summed E-state index contributed by atoms with van der Waals surface area (Å²) in [6, 6.07) is 3.39. The van der Waals surface area contributed by atoms with Crippen LogP contribution in [0.1, 0.15) is 16.9 Å². The number of aromatic nitrogens is 2. The molecule has 2 atom stereocenters. The number of rotatable bonds is 5. The number of carbonyl (C=O) groups is 1. The van der Waals surface area contributed by atoms with Gasteiger partial charge in [0.25, 0.3) is 5.91 Å². The van der Waals surface area contributed by atoms with Crippen LogP contribution < -0.4 is 5.32 Å². The van der Waals surface area contributed by atoms with Gasteiger partial charge in [0.2, 0.25) is 0 Å². The lowest BCUT2D eigenvalue weighted by Gasteiger charge is -2.37. The van der Waals surface area contributed by atoms with Crippen molar-refractivity contribution in [3.8, 4) is 0 Å². The van der Waals surface area contributed by atoms with Crippen LogP contribution >= 0.6 is 11.6 Å². The minimum Gasteiger partial charge on any atom is -0.381 e. The van der Waals surface area contributed by atoms with Gasteiger partial charge in [-0.15, -0.1) is 10.2 Å². The summed E-state index contributed by atoms with van der Waals surface area (Å²) in [5, 5.41) is 10.8. The Morgan fingerprint density at radius 2 is 2.13 bits per heavy atom. The van der Waals surface area contributed by atoms with Crippen LogP contribution in [0, 0.1) is 5.92 Å². The van der Waals surface area contributed by atoms with Crippen LogP contribution in [0.3, 0.4) is 0 Å². The molecule has 8 heteroatoms. The van der Waals surface area contributed by atoms with Crippen molar-refractivity contribution in [1.29, 1.82) is 0 Å². The first-order valence-corrected chi connectivity index (χ1v) is 8.29. The highest BCUT2D eigenvalue weighted by molar-refractivity contribution is 6.29. The molecule has 0 saturated carbocycles. The second kappa shape index (κ2) is 8.01. The van der Waals surface area contributed by atoms with E-state index in [4.69, 9.17) is 21.1 Å². The van der Waals surface area contributed by atoms with E-state index in [0.29, 0.717) is 12.5 Å². The first kappa shape index (κ1) is 16.6. The Bertz CT molecular complexity index is 516. The summed E-state index contributed by atoms with van der Waals surface area (Å²) in [7, 11) is 0. The van der Waals surface area contributed by atoms with Gasteiger partial charge in [0, 0.05) is 38.2 Å². The largest absolute Gasteiger partial charge is 0.381 e. The Balaban J connectivity index is 1.61. The smallest absolute Gasteiger partial charge is 0.271 e. The van der Waals surface area contributed by atoms with E-state index in [1.807, 2.05) is 0 Å². The van der Waals surface area contributed by atoms with Crippen molar-refractivity contribution in [2.24, 2.45) is 5.92 Å². The van der Waals surface area contributed by atoms with Gasteiger partial charge >= 0.3 is 0 Å². The third-order valence-electron chi connectivity index (χ3n) is 4.36. The number of hydrogen-bond acceptors (Lipinski definition) is 6. The maximum Gasteiger partial charge on any atom is 0.271 e. The van der Waals surface area contributed by atoms with Gasteiger partial charge in [-0.2, -0.15) is 0 Å². The summed E-state index contributed by atoms with van der Waals surface area (Å²) in [6.45, 7) is 5.36. The van der Waals surface area contributed by atoms with Crippen molar-refractivity contribution in [2.75, 3.05) is 46.1 Å². The lowest BCUT2D eigenvalue weighted by molar-refractivity contribution is 0.00165. The molecule has 2 aliphatic rings. The summed E-state index contributed by atoms with van der Waals surface area (Å²) in [4.78, 5) is 14.6. The number of halogens is 1. The third kappa shape index (κ3) is 4.38. The molecule has 1 aromatic heterocycles. The molecule has 126 valence electrons. The standard InChI is InChI=1S/C15H21ClN4O3/c16-14-2-1-12(18-19-14)15(21)17-9-13(11-3-6-23-10-11)20-4-7-22-8-5-20/h1-2,11,13H,3-10H2,(H,17,21)/t11-,13+/m0/s1. The van der Waals surface area contributed by atoms with E-state index in [1.165, 1.54) is 0 Å². The van der Waals surface area contributed by atoms with E-state index in [2.05, 4.69) is 20.4 Å². The molecule has 2 saturated heterocycles. The van der Waals surface area contributed by atoms with Gasteiger partial charge in [0.05, 0.1) is 19.8 Å². The minimum absolute atomic E-state index is 0.230. The first-order chi connectivity index (χ1) is 11.2. The molecule has 0 aliphatic carbocycles. The van der Waals surface area contributed by atoms with Crippen LogP contribution in [0.5, 0.6) is 0 Å². The topological polar surface area (TPSA) is 76.6 Å². The predicted octanol–water partition coefficient (Wildman–Crippen LogP) is 0.597. The van der Waals surface area contributed by atoms with Crippen LogP contribution in [-0.4, -0.2) is 73.1 Å². The fourth-order valence-electron chi connectivity index (χ4n) is 3.08. The molecule has 0 spiro atoms. The second-order valence-electron chi connectivity index (χ2n) is 5.79. The number of carbonyl (C=O) groups excluding carboxylic acids is 1. The zero-order valence-electron chi connectivity index (χ0n) is 12.9. The van der Waals surface area contributed by atoms with Gasteiger partial charge in [-0.1, -0.05) is 11.6 Å². The maximum atomic E-state index is 12.2. The van der Waals surface area contributed by atoms with Gasteiger partial charge in [0.1, 0.15) is 0 Å². The zero-order valence-corrected chi connectivity index (χ0v) is 13.7. The molecule has 3 rings (SSSR count). The highest BCUT2D eigenvalue weighted by Crippen LogP contribution is 2.21. The highest BCUT2D eigenvalue weighted by atomic mass is 35.5. The fraction of sp³-hybridized carbons (Fsp3) is 0.667. The van der Waals surface area contributed by atoms with Gasteiger partial charge in [0.15, 0.2) is 10.8 Å². The Kier molecular flexibility index (Phi) is 5.77. The maximum absolute atomic E-state index is 12.2. The molecule has 3 heterocycles. The van der Waals surface area contributed by atoms with E-state index in [-0.39, 0.29) is 22.8 Å². The molecule has 0 bridgehead atoms. The lowest BCUT2D eigenvalue weighted by Crippen LogP contribution is -2.52. The van der Waals surface area contributed by atoms with Crippen molar-refractivity contribution < 1.29 is 14.3 Å². The monoisotopic (exact) mass is 340 g/mol. The van der Waals surface area contributed by atoms with Crippen molar-refractivity contribution in [1.82, 2.24) is 20.4 Å². The van der Waals surface area contributed by atoms with Crippen molar-refractivity contribution in [2.45, 2.75) is 12.5 Å². The third-order valence-corrected chi connectivity index (χ3v) is 4.56. The van der Waals surface area contributed by atoms with E-state index in [0.717, 1.165) is 45.9 Å². The Hall–Kier alpha value is -1.28. The SMILES string of the molecule is O=C(NC[C@H]([C@H]1CCOC1)N1CCOCC1)c1ccc(Cl)nn1. The summed E-state index contributed by atoms with van der Waals surface area (Å²) < 4.78 is 11.0. The number of ether oxygens (including phenoxy) is 2. The van der Waals surface area contributed by atoms with Crippen LogP contribution in [0.4, 0.5) is 0 Å². The summed E-state index contributed by atoms with van der Waals surface area (Å²) in [5.74, 6) is 0.205. The molecular formula is C15H21ClN4O3. The predicted molar refractivity (Wildman–Crippen MR) is 84.5 cm³/mol. The van der Waals surface area contributed by atoms with Crippen molar-refractivity contribution in [3.05, 3.63) is 23.0 Å². The molecule has 1 N–H and O–H groups in total. The molecule has 2 aliphatic heterocycles. The Morgan fingerprint density at radius 1 is 1.30 bits per heavy atom. The Morgan fingerprint density at radius 3 is 2.78 bits per heavy atom. The average Bonchev–Trinajstić information content (AvgIpc) is 3.11.